The summed E-state index contributed by atoms with van der Waals surface area (Å²) in [7, 11) is 0. The minimum Gasteiger partial charge on any atom is -0.444 e. The fourth-order valence-corrected chi connectivity index (χ4v) is 1.73. The van der Waals surface area contributed by atoms with Crippen LogP contribution >= 0.6 is 0 Å². The Hall–Kier alpha value is -1.84. The number of alkyl carbamates (subject to hydrolysis) is 1. The first kappa shape index (κ1) is 15.2. The molecule has 0 heterocycles. The Morgan fingerprint density at radius 2 is 2.00 bits per heavy atom. The summed E-state index contributed by atoms with van der Waals surface area (Å²) < 4.78 is 5.14. The lowest BCUT2D eigenvalue weighted by Crippen LogP contribution is -2.33. The average Bonchev–Trinajstić information content (AvgIpc) is 2.25. The van der Waals surface area contributed by atoms with E-state index < -0.39 is 11.7 Å². The highest BCUT2D eigenvalue weighted by Gasteiger charge is 2.15. The van der Waals surface area contributed by atoms with Gasteiger partial charge in [-0.3, -0.25) is 4.79 Å². The Morgan fingerprint density at radius 1 is 1.32 bits per heavy atom. The van der Waals surface area contributed by atoms with E-state index in [4.69, 9.17) is 4.74 Å². The van der Waals surface area contributed by atoms with E-state index in [1.165, 1.54) is 0 Å². The van der Waals surface area contributed by atoms with E-state index in [0.717, 1.165) is 17.4 Å². The Bertz CT molecular complexity index is 461. The van der Waals surface area contributed by atoms with Gasteiger partial charge in [0.05, 0.1) is 0 Å². The number of aryl methyl sites for hydroxylation is 1. The zero-order valence-corrected chi connectivity index (χ0v) is 11.9. The van der Waals surface area contributed by atoms with Crippen molar-refractivity contribution in [3.05, 3.63) is 34.9 Å². The third-order valence-corrected chi connectivity index (χ3v) is 2.38. The molecule has 4 heteroatoms. The van der Waals surface area contributed by atoms with Crippen molar-refractivity contribution >= 4 is 12.4 Å². The van der Waals surface area contributed by atoms with Gasteiger partial charge in [0.2, 0.25) is 0 Å². The highest BCUT2D eigenvalue weighted by molar-refractivity contribution is 5.75. The van der Waals surface area contributed by atoms with Gasteiger partial charge in [0.15, 0.2) is 0 Å². The van der Waals surface area contributed by atoms with Crippen LogP contribution in [0.5, 0.6) is 0 Å². The van der Waals surface area contributed by atoms with Crippen molar-refractivity contribution < 1.29 is 14.3 Å². The second-order valence-electron chi connectivity index (χ2n) is 5.55. The largest absolute Gasteiger partial charge is 0.444 e. The smallest absolute Gasteiger partial charge is 0.407 e. The molecule has 1 aromatic carbocycles. The first-order valence-electron chi connectivity index (χ1n) is 6.33. The maximum atomic E-state index is 11.4. The van der Waals surface area contributed by atoms with Gasteiger partial charge < -0.3 is 10.1 Å². The summed E-state index contributed by atoms with van der Waals surface area (Å²) in [5.74, 6) is 0. The van der Waals surface area contributed by atoms with Gasteiger partial charge in [-0.05, 0) is 51.8 Å². The lowest BCUT2D eigenvalue weighted by molar-refractivity contribution is 0.0528. The van der Waals surface area contributed by atoms with Crippen molar-refractivity contribution in [3.8, 4) is 0 Å². The van der Waals surface area contributed by atoms with Gasteiger partial charge in [0, 0.05) is 12.1 Å². The molecule has 0 aromatic heterocycles. The molecule has 1 amide bonds. The van der Waals surface area contributed by atoms with Gasteiger partial charge in [0.25, 0.3) is 0 Å². The number of benzene rings is 1. The number of nitrogens with one attached hydrogen (secondary N) is 1. The van der Waals surface area contributed by atoms with Crippen LogP contribution in [-0.2, 0) is 11.2 Å². The van der Waals surface area contributed by atoms with Crippen molar-refractivity contribution in [2.45, 2.75) is 39.7 Å². The van der Waals surface area contributed by atoms with E-state index in [2.05, 4.69) is 5.32 Å². The van der Waals surface area contributed by atoms with Gasteiger partial charge in [0.1, 0.15) is 11.9 Å². The van der Waals surface area contributed by atoms with Gasteiger partial charge in [-0.15, -0.1) is 0 Å². The maximum Gasteiger partial charge on any atom is 0.407 e. The van der Waals surface area contributed by atoms with Crippen LogP contribution < -0.4 is 5.32 Å². The summed E-state index contributed by atoms with van der Waals surface area (Å²) >= 11 is 0. The molecule has 1 aromatic rings. The van der Waals surface area contributed by atoms with Crippen LogP contribution in [0, 0.1) is 6.92 Å². The first-order chi connectivity index (χ1) is 8.80. The molecule has 0 aliphatic carbocycles. The number of carbonyl (C=O) groups is 2. The molecule has 0 bridgehead atoms. The summed E-state index contributed by atoms with van der Waals surface area (Å²) in [4.78, 5) is 22.2. The zero-order chi connectivity index (χ0) is 14.5. The van der Waals surface area contributed by atoms with Gasteiger partial charge in [-0.2, -0.15) is 0 Å². The van der Waals surface area contributed by atoms with E-state index in [-0.39, 0.29) is 0 Å². The lowest BCUT2D eigenvalue weighted by Gasteiger charge is -2.19. The molecular formula is C15H21NO3. The Labute approximate surface area is 114 Å². The van der Waals surface area contributed by atoms with Crippen LogP contribution in [0.1, 0.15) is 42.3 Å². The highest BCUT2D eigenvalue weighted by Crippen LogP contribution is 2.09. The van der Waals surface area contributed by atoms with Gasteiger partial charge in [-0.1, -0.05) is 11.6 Å². The molecule has 0 radical (unpaired) electrons. The summed E-state index contributed by atoms with van der Waals surface area (Å²) in [5, 5.41) is 2.70. The predicted molar refractivity (Wildman–Crippen MR) is 74.5 cm³/mol. The highest BCUT2D eigenvalue weighted by atomic mass is 16.6. The quantitative estimate of drug-likeness (QED) is 0.850. The summed E-state index contributed by atoms with van der Waals surface area (Å²) in [5.41, 5.74) is 2.24. The van der Waals surface area contributed by atoms with Crippen molar-refractivity contribution in [2.24, 2.45) is 0 Å². The molecule has 0 spiro atoms. The minimum atomic E-state index is -0.488. The molecule has 0 saturated carbocycles. The molecule has 0 saturated heterocycles. The third kappa shape index (κ3) is 6.04. The van der Waals surface area contributed by atoms with Crippen molar-refractivity contribution in [3.63, 3.8) is 0 Å². The van der Waals surface area contributed by atoms with Crippen LogP contribution in [0.4, 0.5) is 4.79 Å². The van der Waals surface area contributed by atoms with Crippen molar-refractivity contribution in [1.82, 2.24) is 5.32 Å². The third-order valence-electron chi connectivity index (χ3n) is 2.38. The Morgan fingerprint density at radius 3 is 2.58 bits per heavy atom. The fraction of sp³-hybridized carbons (Fsp3) is 0.467. The van der Waals surface area contributed by atoms with Gasteiger partial charge >= 0.3 is 6.09 Å². The number of rotatable bonds is 4. The molecule has 0 aliphatic rings. The summed E-state index contributed by atoms with van der Waals surface area (Å²) in [6.07, 6.45) is 1.08. The predicted octanol–water partition coefficient (Wildman–Crippen LogP) is 2.87. The minimum absolute atomic E-state index is 0.421. The topological polar surface area (TPSA) is 55.4 Å². The molecule has 19 heavy (non-hydrogen) atoms. The van der Waals surface area contributed by atoms with Crippen molar-refractivity contribution in [1.29, 1.82) is 0 Å². The molecule has 4 nitrogen and oxygen atoms in total. The first-order valence-corrected chi connectivity index (χ1v) is 6.33. The second kappa shape index (κ2) is 6.36. The summed E-state index contributed by atoms with van der Waals surface area (Å²) in [6, 6.07) is 5.67. The van der Waals surface area contributed by atoms with E-state index in [1.807, 2.05) is 45.9 Å². The van der Waals surface area contributed by atoms with E-state index in [9.17, 15) is 9.59 Å². The number of carbonyl (C=O) groups excluding carboxylic acids is 2. The molecule has 104 valence electrons. The number of amides is 1. The number of aldehydes is 1. The SMILES string of the molecule is Cc1cc(C=O)cc(CCNC(=O)OC(C)(C)C)c1. The maximum absolute atomic E-state index is 11.4. The van der Waals surface area contributed by atoms with Crippen LogP contribution in [0.2, 0.25) is 0 Å². The molecule has 0 atom stereocenters. The molecule has 0 aliphatic heterocycles. The fourth-order valence-electron chi connectivity index (χ4n) is 1.73. The van der Waals surface area contributed by atoms with Crippen molar-refractivity contribution in [2.75, 3.05) is 6.54 Å². The Balaban J connectivity index is 2.47. The molecule has 1 rings (SSSR count). The number of hydrogen-bond donors (Lipinski definition) is 1. The second-order valence-corrected chi connectivity index (χ2v) is 5.55. The van der Waals surface area contributed by atoms with E-state index in [0.29, 0.717) is 18.5 Å². The average molecular weight is 263 g/mol. The van der Waals surface area contributed by atoms with E-state index >= 15 is 0 Å². The molecule has 0 unspecified atom stereocenters. The normalized spacial score (nSPS) is 10.9. The standard InChI is InChI=1S/C15H21NO3/c1-11-7-12(9-13(8-11)10-17)5-6-16-14(18)19-15(2,3)4/h7-10H,5-6H2,1-4H3,(H,16,18). The zero-order valence-electron chi connectivity index (χ0n) is 11.9. The van der Waals surface area contributed by atoms with Gasteiger partial charge in [-0.25, -0.2) is 4.79 Å². The Kier molecular flexibility index (Phi) is 5.10. The van der Waals surface area contributed by atoms with Crippen LogP contribution in [-0.4, -0.2) is 24.5 Å². The van der Waals surface area contributed by atoms with Crippen LogP contribution in [0.15, 0.2) is 18.2 Å². The lowest BCUT2D eigenvalue weighted by atomic mass is 10.1. The monoisotopic (exact) mass is 263 g/mol. The number of ether oxygens (including phenoxy) is 1. The van der Waals surface area contributed by atoms with E-state index in [1.54, 1.807) is 0 Å². The summed E-state index contributed by atoms with van der Waals surface area (Å²) in [6.45, 7) is 7.89. The molecular weight excluding hydrogens is 242 g/mol. The van der Waals surface area contributed by atoms with Crippen LogP contribution in [0.3, 0.4) is 0 Å². The molecule has 0 fully saturated rings. The van der Waals surface area contributed by atoms with Crippen LogP contribution in [0.25, 0.3) is 0 Å². The number of hydrogen-bond acceptors (Lipinski definition) is 3. The molecule has 1 N–H and O–H groups in total.